The fraction of sp³-hybridized carbons (Fsp3) is 0.200. The molecule has 0 aromatic carbocycles. The van der Waals surface area contributed by atoms with Crippen molar-refractivity contribution < 1.29 is 0 Å². The van der Waals surface area contributed by atoms with Gasteiger partial charge in [-0.1, -0.05) is 0 Å². The number of nitrogens with two attached hydrogens (primary N) is 1. The van der Waals surface area contributed by atoms with E-state index in [4.69, 9.17) is 5.73 Å². The van der Waals surface area contributed by atoms with Crippen molar-refractivity contribution >= 4 is 35.8 Å². The standard InChI is InChI=1S/C10H11N3.2ClH/c11-4-3-8-6-9-2-1-5-12-10(9)13-7-8;;/h1-2,5-7H,3-4,11H2;2*1H. The number of aromatic nitrogens is 2. The molecule has 0 aliphatic carbocycles. The second kappa shape index (κ2) is 6.56. The van der Waals surface area contributed by atoms with Gasteiger partial charge in [0.15, 0.2) is 5.65 Å². The molecule has 2 rings (SSSR count). The fourth-order valence-corrected chi connectivity index (χ4v) is 1.31. The molecule has 0 saturated heterocycles. The minimum atomic E-state index is 0. The van der Waals surface area contributed by atoms with E-state index in [1.54, 1.807) is 6.20 Å². The average Bonchev–Trinajstić information content (AvgIpc) is 2.18. The van der Waals surface area contributed by atoms with Gasteiger partial charge in [0.1, 0.15) is 0 Å². The van der Waals surface area contributed by atoms with E-state index in [9.17, 15) is 0 Å². The first-order chi connectivity index (χ1) is 6.40. The minimum absolute atomic E-state index is 0. The van der Waals surface area contributed by atoms with Crippen LogP contribution in [0.15, 0.2) is 30.6 Å². The molecule has 15 heavy (non-hydrogen) atoms. The topological polar surface area (TPSA) is 51.8 Å². The van der Waals surface area contributed by atoms with Gasteiger partial charge in [0, 0.05) is 17.8 Å². The Labute approximate surface area is 101 Å². The molecule has 0 aliphatic heterocycles. The van der Waals surface area contributed by atoms with Crippen LogP contribution in [0.3, 0.4) is 0 Å². The Balaban J connectivity index is 0.000000980. The Morgan fingerprint density at radius 1 is 1.20 bits per heavy atom. The number of nitrogens with zero attached hydrogens (tertiary/aromatic N) is 2. The molecule has 82 valence electrons. The van der Waals surface area contributed by atoms with E-state index < -0.39 is 0 Å². The lowest BCUT2D eigenvalue weighted by atomic mass is 10.1. The molecular weight excluding hydrogens is 233 g/mol. The maximum Gasteiger partial charge on any atom is 0.159 e. The molecule has 0 radical (unpaired) electrons. The highest BCUT2D eigenvalue weighted by Gasteiger charge is 1.96. The maximum atomic E-state index is 5.46. The fourth-order valence-electron chi connectivity index (χ4n) is 1.31. The highest BCUT2D eigenvalue weighted by atomic mass is 35.5. The normalized spacial score (nSPS) is 9.13. The smallest absolute Gasteiger partial charge is 0.159 e. The minimum Gasteiger partial charge on any atom is -0.330 e. The molecule has 3 nitrogen and oxygen atoms in total. The molecule has 2 heterocycles. The third-order valence-corrected chi connectivity index (χ3v) is 1.94. The first-order valence-corrected chi connectivity index (χ1v) is 4.30. The quantitative estimate of drug-likeness (QED) is 0.881. The molecule has 2 aromatic rings. The first-order valence-electron chi connectivity index (χ1n) is 4.30. The van der Waals surface area contributed by atoms with Gasteiger partial charge in [0.05, 0.1) is 0 Å². The molecule has 0 saturated carbocycles. The van der Waals surface area contributed by atoms with E-state index in [2.05, 4.69) is 16.0 Å². The first kappa shape index (κ1) is 14.1. The summed E-state index contributed by atoms with van der Waals surface area (Å²) in [5, 5.41) is 1.08. The Morgan fingerprint density at radius 3 is 2.73 bits per heavy atom. The SMILES string of the molecule is Cl.Cl.NCCc1cnc2ncccc2c1. The van der Waals surface area contributed by atoms with Crippen molar-refractivity contribution in [2.45, 2.75) is 6.42 Å². The predicted octanol–water partition coefficient (Wildman–Crippen LogP) is 1.97. The molecule has 0 bridgehead atoms. The number of pyridine rings is 2. The second-order valence-electron chi connectivity index (χ2n) is 2.93. The van der Waals surface area contributed by atoms with Crippen LogP contribution in [0.25, 0.3) is 11.0 Å². The average molecular weight is 246 g/mol. The van der Waals surface area contributed by atoms with Crippen LogP contribution in [-0.2, 0) is 6.42 Å². The van der Waals surface area contributed by atoms with Crippen molar-refractivity contribution in [2.75, 3.05) is 6.54 Å². The summed E-state index contributed by atoms with van der Waals surface area (Å²) in [4.78, 5) is 8.37. The monoisotopic (exact) mass is 245 g/mol. The highest BCUT2D eigenvalue weighted by Crippen LogP contribution is 2.09. The van der Waals surface area contributed by atoms with Crippen molar-refractivity contribution in [3.8, 4) is 0 Å². The number of rotatable bonds is 2. The Bertz CT molecular complexity index is 420. The van der Waals surface area contributed by atoms with Gasteiger partial charge >= 0.3 is 0 Å². The molecule has 2 N–H and O–H groups in total. The van der Waals surface area contributed by atoms with Crippen LogP contribution in [-0.4, -0.2) is 16.5 Å². The van der Waals surface area contributed by atoms with Gasteiger partial charge in [-0.05, 0) is 36.7 Å². The van der Waals surface area contributed by atoms with E-state index in [1.165, 1.54) is 5.56 Å². The molecule has 0 unspecified atom stereocenters. The maximum absolute atomic E-state index is 5.46. The summed E-state index contributed by atoms with van der Waals surface area (Å²) >= 11 is 0. The van der Waals surface area contributed by atoms with Crippen LogP contribution < -0.4 is 5.73 Å². The van der Waals surface area contributed by atoms with Crippen LogP contribution >= 0.6 is 24.8 Å². The Kier molecular flexibility index (Phi) is 6.17. The van der Waals surface area contributed by atoms with Crippen LogP contribution in [0.5, 0.6) is 0 Å². The zero-order valence-electron chi connectivity index (χ0n) is 8.09. The van der Waals surface area contributed by atoms with Gasteiger partial charge in [-0.25, -0.2) is 9.97 Å². The number of halogens is 2. The summed E-state index contributed by atoms with van der Waals surface area (Å²) in [5.74, 6) is 0. The van der Waals surface area contributed by atoms with Gasteiger partial charge < -0.3 is 5.73 Å². The van der Waals surface area contributed by atoms with E-state index in [1.807, 2.05) is 18.3 Å². The zero-order valence-corrected chi connectivity index (χ0v) is 9.72. The summed E-state index contributed by atoms with van der Waals surface area (Å²) < 4.78 is 0. The predicted molar refractivity (Wildman–Crippen MR) is 66.8 cm³/mol. The molecule has 0 fully saturated rings. The Morgan fingerprint density at radius 2 is 2.00 bits per heavy atom. The third-order valence-electron chi connectivity index (χ3n) is 1.94. The van der Waals surface area contributed by atoms with Gasteiger partial charge in [-0.2, -0.15) is 0 Å². The number of hydrogen-bond acceptors (Lipinski definition) is 3. The van der Waals surface area contributed by atoms with Crippen LogP contribution in [0.1, 0.15) is 5.56 Å². The largest absolute Gasteiger partial charge is 0.330 e. The van der Waals surface area contributed by atoms with E-state index in [0.717, 1.165) is 17.5 Å². The zero-order chi connectivity index (χ0) is 9.10. The molecule has 0 spiro atoms. The van der Waals surface area contributed by atoms with Crippen LogP contribution in [0.2, 0.25) is 0 Å². The van der Waals surface area contributed by atoms with Crippen molar-refractivity contribution in [1.82, 2.24) is 9.97 Å². The van der Waals surface area contributed by atoms with Crippen molar-refractivity contribution in [2.24, 2.45) is 5.73 Å². The summed E-state index contributed by atoms with van der Waals surface area (Å²) in [7, 11) is 0. The molecular formula is C10H13Cl2N3. The van der Waals surface area contributed by atoms with Gasteiger partial charge in [0.25, 0.3) is 0 Å². The molecule has 0 amide bonds. The lowest BCUT2D eigenvalue weighted by Crippen LogP contribution is -2.02. The summed E-state index contributed by atoms with van der Waals surface area (Å²) in [6, 6.07) is 6.01. The van der Waals surface area contributed by atoms with E-state index in [0.29, 0.717) is 6.54 Å². The van der Waals surface area contributed by atoms with Crippen molar-refractivity contribution in [1.29, 1.82) is 0 Å². The van der Waals surface area contributed by atoms with Gasteiger partial charge in [0.2, 0.25) is 0 Å². The molecule has 2 aromatic heterocycles. The van der Waals surface area contributed by atoms with Crippen molar-refractivity contribution in [3.63, 3.8) is 0 Å². The lowest BCUT2D eigenvalue weighted by molar-refractivity contribution is 0.962. The van der Waals surface area contributed by atoms with Crippen LogP contribution in [0, 0.1) is 0 Å². The van der Waals surface area contributed by atoms with E-state index >= 15 is 0 Å². The Hall–Kier alpha value is -0.900. The molecule has 0 aliphatic rings. The van der Waals surface area contributed by atoms with Gasteiger partial charge in [-0.15, -0.1) is 24.8 Å². The van der Waals surface area contributed by atoms with Crippen molar-refractivity contribution in [3.05, 3.63) is 36.2 Å². The molecule has 0 atom stereocenters. The summed E-state index contributed by atoms with van der Waals surface area (Å²) in [6.45, 7) is 0.660. The third kappa shape index (κ3) is 3.30. The highest BCUT2D eigenvalue weighted by molar-refractivity contribution is 5.85. The van der Waals surface area contributed by atoms with Crippen LogP contribution in [0.4, 0.5) is 0 Å². The number of fused-ring (bicyclic) bond motifs is 1. The second-order valence-corrected chi connectivity index (χ2v) is 2.93. The number of hydrogen-bond donors (Lipinski definition) is 1. The van der Waals surface area contributed by atoms with E-state index in [-0.39, 0.29) is 24.8 Å². The molecule has 5 heteroatoms. The van der Waals surface area contributed by atoms with Gasteiger partial charge in [-0.3, -0.25) is 0 Å². The lowest BCUT2D eigenvalue weighted by Gasteiger charge is -1.99. The summed E-state index contributed by atoms with van der Waals surface area (Å²) in [5.41, 5.74) is 7.43. The summed E-state index contributed by atoms with van der Waals surface area (Å²) in [6.07, 6.45) is 4.46.